The predicted octanol–water partition coefficient (Wildman–Crippen LogP) is 2.18. The van der Waals surface area contributed by atoms with Crippen LogP contribution in [-0.4, -0.2) is 52.8 Å². The summed E-state index contributed by atoms with van der Waals surface area (Å²) in [6, 6.07) is 0. The molecule has 1 aliphatic rings. The zero-order valence-electron chi connectivity index (χ0n) is 12.9. The van der Waals surface area contributed by atoms with Crippen molar-refractivity contribution in [2.45, 2.75) is 45.3 Å². The number of halogens is 1. The molecule has 0 aliphatic carbocycles. The van der Waals surface area contributed by atoms with Crippen molar-refractivity contribution < 1.29 is 19.4 Å². The van der Waals surface area contributed by atoms with E-state index in [9.17, 15) is 14.7 Å². The number of rotatable bonds is 4. The highest BCUT2D eigenvalue weighted by Gasteiger charge is 2.46. The minimum atomic E-state index is -1.31. The summed E-state index contributed by atoms with van der Waals surface area (Å²) in [5, 5.41) is 12.0. The number of amides is 1. The Labute approximate surface area is 130 Å². The fraction of sp³-hybridized carbons (Fsp3) is 0.714. The standard InChI is InChI=1S/C14H23ClN2O4/c1-10(7-15)8-17-6-5-14(9-17,11(18)19)16-12(20)21-13(2,3)4/h7H,5-6,8-9H2,1-4H3,(H,16,20)(H,18,19). The average Bonchev–Trinajstić information content (AvgIpc) is 2.70. The lowest BCUT2D eigenvalue weighted by Gasteiger charge is -2.28. The van der Waals surface area contributed by atoms with Gasteiger partial charge in [-0.15, -0.1) is 0 Å². The SMILES string of the molecule is CC(=CCl)CN1CCC(NC(=O)OC(C)(C)C)(C(=O)O)C1. The molecule has 0 radical (unpaired) electrons. The van der Waals surface area contributed by atoms with Crippen molar-refractivity contribution in [3.63, 3.8) is 0 Å². The maximum Gasteiger partial charge on any atom is 0.408 e. The van der Waals surface area contributed by atoms with Crippen molar-refractivity contribution in [1.82, 2.24) is 10.2 Å². The van der Waals surface area contributed by atoms with Crippen LogP contribution in [0.1, 0.15) is 34.1 Å². The Morgan fingerprint density at radius 2 is 2.10 bits per heavy atom. The fourth-order valence-electron chi connectivity index (χ4n) is 2.24. The molecule has 6 nitrogen and oxygen atoms in total. The van der Waals surface area contributed by atoms with Crippen molar-refractivity contribution in [3.8, 4) is 0 Å². The molecule has 1 unspecified atom stereocenters. The van der Waals surface area contributed by atoms with Crippen LogP contribution in [0.4, 0.5) is 4.79 Å². The van der Waals surface area contributed by atoms with E-state index < -0.39 is 23.2 Å². The number of carboxylic acids is 1. The molecule has 0 aromatic heterocycles. The van der Waals surface area contributed by atoms with Gasteiger partial charge in [-0.25, -0.2) is 9.59 Å². The van der Waals surface area contributed by atoms with Gasteiger partial charge < -0.3 is 15.2 Å². The van der Waals surface area contributed by atoms with Crippen molar-refractivity contribution in [2.24, 2.45) is 0 Å². The Hall–Kier alpha value is -1.27. The molecule has 1 atom stereocenters. The maximum atomic E-state index is 11.9. The number of carboxylic acid groups (broad SMARTS) is 1. The van der Waals surface area contributed by atoms with Crippen molar-refractivity contribution >= 4 is 23.7 Å². The number of hydrogen-bond donors (Lipinski definition) is 2. The summed E-state index contributed by atoms with van der Waals surface area (Å²) < 4.78 is 5.15. The van der Waals surface area contributed by atoms with Crippen LogP contribution in [0.15, 0.2) is 11.1 Å². The van der Waals surface area contributed by atoms with E-state index in [1.807, 2.05) is 11.8 Å². The van der Waals surface area contributed by atoms with E-state index in [0.717, 1.165) is 5.57 Å². The molecule has 21 heavy (non-hydrogen) atoms. The predicted molar refractivity (Wildman–Crippen MR) is 80.4 cm³/mol. The number of hydrogen-bond acceptors (Lipinski definition) is 4. The van der Waals surface area contributed by atoms with E-state index in [4.69, 9.17) is 16.3 Å². The maximum absolute atomic E-state index is 11.9. The molecule has 0 aromatic carbocycles. The lowest BCUT2D eigenvalue weighted by Crippen LogP contribution is -2.57. The van der Waals surface area contributed by atoms with Crippen LogP contribution in [0, 0.1) is 0 Å². The average molecular weight is 319 g/mol. The summed E-state index contributed by atoms with van der Waals surface area (Å²) in [6.45, 7) is 8.44. The van der Waals surface area contributed by atoms with Crippen LogP contribution in [0.5, 0.6) is 0 Å². The van der Waals surface area contributed by atoms with Gasteiger partial charge in [0.15, 0.2) is 5.54 Å². The molecule has 1 aliphatic heterocycles. The lowest BCUT2D eigenvalue weighted by atomic mass is 9.99. The van der Waals surface area contributed by atoms with Gasteiger partial charge in [0.05, 0.1) is 0 Å². The highest BCUT2D eigenvalue weighted by molar-refractivity contribution is 6.25. The Bertz CT molecular complexity index is 445. The molecule has 2 N–H and O–H groups in total. The molecule has 1 saturated heterocycles. The molecule has 1 heterocycles. The van der Waals surface area contributed by atoms with Gasteiger partial charge in [0.25, 0.3) is 0 Å². The monoisotopic (exact) mass is 318 g/mol. The zero-order valence-corrected chi connectivity index (χ0v) is 13.7. The largest absolute Gasteiger partial charge is 0.479 e. The third-order valence-corrected chi connectivity index (χ3v) is 3.53. The summed E-state index contributed by atoms with van der Waals surface area (Å²) in [5.41, 5.74) is 0.437. The number of ether oxygens (including phenoxy) is 1. The molecule has 1 amide bonds. The van der Waals surface area contributed by atoms with E-state index in [1.54, 1.807) is 20.8 Å². The number of nitrogens with one attached hydrogen (secondary N) is 1. The zero-order chi connectivity index (χ0) is 16.3. The van der Waals surface area contributed by atoms with Crippen LogP contribution in [0.2, 0.25) is 0 Å². The first-order chi connectivity index (χ1) is 9.58. The number of likely N-dealkylation sites (tertiary alicyclic amines) is 1. The second-order valence-corrected chi connectivity index (χ2v) is 6.65. The molecular formula is C14H23ClN2O4. The van der Waals surface area contributed by atoms with E-state index in [1.165, 1.54) is 5.54 Å². The van der Waals surface area contributed by atoms with E-state index in [0.29, 0.717) is 19.5 Å². The van der Waals surface area contributed by atoms with Crippen LogP contribution in [-0.2, 0) is 9.53 Å². The quantitative estimate of drug-likeness (QED) is 0.830. The summed E-state index contributed by atoms with van der Waals surface area (Å²) in [5.74, 6) is -1.05. The molecule has 120 valence electrons. The third kappa shape index (κ3) is 5.21. The molecule has 0 aromatic rings. The van der Waals surface area contributed by atoms with Crippen molar-refractivity contribution in [1.29, 1.82) is 0 Å². The Kier molecular flexibility index (Phi) is 5.64. The second-order valence-electron chi connectivity index (χ2n) is 6.43. The Morgan fingerprint density at radius 3 is 2.57 bits per heavy atom. The Morgan fingerprint density at radius 1 is 1.48 bits per heavy atom. The number of alkyl carbamates (subject to hydrolysis) is 1. The lowest BCUT2D eigenvalue weighted by molar-refractivity contribution is -0.144. The topological polar surface area (TPSA) is 78.9 Å². The minimum absolute atomic E-state index is 0.226. The molecule has 0 spiro atoms. The van der Waals surface area contributed by atoms with Gasteiger partial charge in [0.1, 0.15) is 5.60 Å². The van der Waals surface area contributed by atoms with E-state index >= 15 is 0 Å². The van der Waals surface area contributed by atoms with Gasteiger partial charge in [-0.05, 0) is 39.7 Å². The molecule has 1 fully saturated rings. The number of carbonyl (C=O) groups excluding carboxylic acids is 1. The molecular weight excluding hydrogens is 296 g/mol. The van der Waals surface area contributed by atoms with Gasteiger partial charge >= 0.3 is 12.1 Å². The van der Waals surface area contributed by atoms with Gasteiger partial charge in [-0.3, -0.25) is 4.90 Å². The summed E-state index contributed by atoms with van der Waals surface area (Å²) >= 11 is 5.63. The van der Waals surface area contributed by atoms with E-state index in [-0.39, 0.29) is 6.54 Å². The summed E-state index contributed by atoms with van der Waals surface area (Å²) in [6.07, 6.45) is -0.381. The molecule has 7 heteroatoms. The first-order valence-corrected chi connectivity index (χ1v) is 7.24. The van der Waals surface area contributed by atoms with Crippen LogP contribution in [0.25, 0.3) is 0 Å². The fourth-order valence-corrected chi connectivity index (χ4v) is 2.31. The molecule has 0 saturated carbocycles. The van der Waals surface area contributed by atoms with Crippen LogP contribution in [0.3, 0.4) is 0 Å². The number of nitrogens with zero attached hydrogens (tertiary/aromatic N) is 1. The van der Waals surface area contributed by atoms with Crippen molar-refractivity contribution in [2.75, 3.05) is 19.6 Å². The molecule has 1 rings (SSSR count). The number of aliphatic carboxylic acids is 1. The van der Waals surface area contributed by atoms with Crippen LogP contribution >= 0.6 is 11.6 Å². The molecule has 0 bridgehead atoms. The van der Waals surface area contributed by atoms with Gasteiger partial charge in [-0.1, -0.05) is 11.6 Å². The number of carbonyl (C=O) groups is 2. The minimum Gasteiger partial charge on any atom is -0.479 e. The van der Waals surface area contributed by atoms with E-state index in [2.05, 4.69) is 5.32 Å². The highest BCUT2D eigenvalue weighted by atomic mass is 35.5. The first-order valence-electron chi connectivity index (χ1n) is 6.81. The first kappa shape index (κ1) is 17.8. The summed E-state index contributed by atoms with van der Waals surface area (Å²) in [4.78, 5) is 25.4. The van der Waals surface area contributed by atoms with Gasteiger partial charge in [0.2, 0.25) is 0 Å². The Balaban J connectivity index is 2.74. The smallest absolute Gasteiger partial charge is 0.408 e. The van der Waals surface area contributed by atoms with Gasteiger partial charge in [-0.2, -0.15) is 0 Å². The normalized spacial score (nSPS) is 24.0. The highest BCUT2D eigenvalue weighted by Crippen LogP contribution is 2.23. The van der Waals surface area contributed by atoms with Gasteiger partial charge in [0, 0.05) is 25.2 Å². The third-order valence-electron chi connectivity index (χ3n) is 3.16. The van der Waals surface area contributed by atoms with Crippen molar-refractivity contribution in [3.05, 3.63) is 11.1 Å². The summed E-state index contributed by atoms with van der Waals surface area (Å²) in [7, 11) is 0. The second kappa shape index (κ2) is 6.66. The van der Waals surface area contributed by atoms with Crippen LogP contribution < -0.4 is 5.32 Å².